The molecule has 4 aromatic rings. The summed E-state index contributed by atoms with van der Waals surface area (Å²) in [7, 11) is 1.70. The minimum absolute atomic E-state index is 0.252. The number of imidazole rings is 1. The lowest BCUT2D eigenvalue weighted by Crippen LogP contribution is -2.54. The Morgan fingerprint density at radius 2 is 1.97 bits per heavy atom. The van der Waals surface area contributed by atoms with Crippen molar-refractivity contribution < 1.29 is 23.0 Å². The molecule has 3 heterocycles. The SMILES string of the molecule is Cc1ccc2c(NC(c3cccc4c3OCC4)[C@](O)(CSc3nccn3C)C(F)(F)F)cccc2n1. The van der Waals surface area contributed by atoms with E-state index >= 15 is 0 Å². The molecular formula is C26H25F3N4O2S. The van der Waals surface area contributed by atoms with Gasteiger partial charge in [-0.1, -0.05) is 36.0 Å². The number of rotatable bonds is 7. The summed E-state index contributed by atoms with van der Waals surface area (Å²) in [5, 5.41) is 15.6. The van der Waals surface area contributed by atoms with Gasteiger partial charge in [-0.15, -0.1) is 0 Å². The molecule has 2 aromatic heterocycles. The molecule has 36 heavy (non-hydrogen) atoms. The molecule has 1 aliphatic rings. The van der Waals surface area contributed by atoms with E-state index in [-0.39, 0.29) is 5.56 Å². The summed E-state index contributed by atoms with van der Waals surface area (Å²) in [5.41, 5.74) is -0.219. The molecule has 0 bridgehead atoms. The average Bonchev–Trinajstić information content (AvgIpc) is 3.48. The van der Waals surface area contributed by atoms with E-state index in [9.17, 15) is 18.3 Å². The molecule has 0 fully saturated rings. The van der Waals surface area contributed by atoms with E-state index in [0.29, 0.717) is 40.5 Å². The Hall–Kier alpha value is -3.24. The first-order valence-corrected chi connectivity index (χ1v) is 12.4. The van der Waals surface area contributed by atoms with Crippen molar-refractivity contribution in [3.8, 4) is 5.75 Å². The highest BCUT2D eigenvalue weighted by molar-refractivity contribution is 7.99. The van der Waals surface area contributed by atoms with Crippen molar-refractivity contribution in [2.24, 2.45) is 7.05 Å². The molecule has 1 unspecified atom stereocenters. The summed E-state index contributed by atoms with van der Waals surface area (Å²) in [6.07, 6.45) is -1.22. The van der Waals surface area contributed by atoms with Crippen molar-refractivity contribution in [2.45, 2.75) is 36.3 Å². The zero-order valence-corrected chi connectivity index (χ0v) is 20.5. The lowest BCUT2D eigenvalue weighted by molar-refractivity contribution is -0.256. The van der Waals surface area contributed by atoms with Gasteiger partial charge in [0.2, 0.25) is 0 Å². The van der Waals surface area contributed by atoms with Gasteiger partial charge in [0.1, 0.15) is 5.75 Å². The van der Waals surface area contributed by atoms with Crippen molar-refractivity contribution in [1.29, 1.82) is 0 Å². The number of aliphatic hydroxyl groups is 1. The largest absolute Gasteiger partial charge is 0.493 e. The number of pyridine rings is 1. The van der Waals surface area contributed by atoms with Gasteiger partial charge in [-0.05, 0) is 36.8 Å². The molecule has 0 amide bonds. The van der Waals surface area contributed by atoms with Crippen molar-refractivity contribution in [3.05, 3.63) is 77.7 Å². The Kier molecular flexibility index (Phi) is 6.34. The maximum atomic E-state index is 14.8. The van der Waals surface area contributed by atoms with E-state index in [2.05, 4.69) is 15.3 Å². The summed E-state index contributed by atoms with van der Waals surface area (Å²) in [6.45, 7) is 2.23. The number of thioether (sulfide) groups is 1. The zero-order valence-electron chi connectivity index (χ0n) is 19.7. The second-order valence-corrected chi connectivity index (χ2v) is 9.81. The lowest BCUT2D eigenvalue weighted by atomic mass is 9.87. The number of alkyl halides is 3. The third-order valence-corrected chi connectivity index (χ3v) is 7.63. The van der Waals surface area contributed by atoms with Crippen LogP contribution in [0.3, 0.4) is 0 Å². The van der Waals surface area contributed by atoms with E-state index in [1.165, 1.54) is 6.20 Å². The van der Waals surface area contributed by atoms with E-state index in [1.807, 2.05) is 19.1 Å². The first kappa shape index (κ1) is 24.5. The predicted octanol–water partition coefficient (Wildman–Crippen LogP) is 5.45. The molecule has 188 valence electrons. The number of aromatic nitrogens is 3. The second kappa shape index (κ2) is 9.33. The van der Waals surface area contributed by atoms with Crippen molar-refractivity contribution >= 4 is 28.4 Å². The van der Waals surface area contributed by atoms with Crippen molar-refractivity contribution in [2.75, 3.05) is 17.7 Å². The maximum Gasteiger partial charge on any atom is 0.420 e. The summed E-state index contributed by atoms with van der Waals surface area (Å²) < 4.78 is 51.8. The van der Waals surface area contributed by atoms with Crippen LogP contribution < -0.4 is 10.1 Å². The van der Waals surface area contributed by atoms with Crippen LogP contribution in [0.15, 0.2) is 66.1 Å². The third kappa shape index (κ3) is 4.39. The highest BCUT2D eigenvalue weighted by Gasteiger charge is 2.60. The summed E-state index contributed by atoms with van der Waals surface area (Å²) in [5.74, 6) is -0.293. The molecule has 0 aliphatic carbocycles. The normalized spacial score (nSPS) is 15.8. The fraction of sp³-hybridized carbons (Fsp3) is 0.308. The maximum absolute atomic E-state index is 14.8. The second-order valence-electron chi connectivity index (χ2n) is 8.87. The molecule has 0 saturated carbocycles. The van der Waals surface area contributed by atoms with Crippen LogP contribution in [0, 0.1) is 6.92 Å². The number of fused-ring (bicyclic) bond motifs is 2. The standard InChI is InChI=1S/C26H25F3N4O2S/c1-16-9-10-18-20(31-16)7-4-8-21(18)32-23(19-6-3-5-17-11-14-35-22(17)19)25(34,26(27,28)29)15-36-24-30-12-13-33(24)2/h3-10,12-13,23,32,34H,11,14-15H2,1-2H3/t23?,25-/m1/s1. The van der Waals surface area contributed by atoms with Gasteiger partial charge in [0.15, 0.2) is 10.8 Å². The highest BCUT2D eigenvalue weighted by atomic mass is 32.2. The number of hydrogen-bond donors (Lipinski definition) is 2. The van der Waals surface area contributed by atoms with Crippen LogP contribution >= 0.6 is 11.8 Å². The van der Waals surface area contributed by atoms with Gasteiger partial charge < -0.3 is 19.7 Å². The minimum Gasteiger partial charge on any atom is -0.493 e. The van der Waals surface area contributed by atoms with Crippen LogP contribution in [-0.2, 0) is 13.5 Å². The molecule has 10 heteroatoms. The summed E-state index contributed by atoms with van der Waals surface area (Å²) >= 11 is 0.849. The number of para-hydroxylation sites is 1. The molecule has 0 saturated heterocycles. The van der Waals surface area contributed by atoms with Crippen LogP contribution in [0.5, 0.6) is 5.75 Å². The van der Waals surface area contributed by atoms with Gasteiger partial charge in [0.05, 0.1) is 18.2 Å². The predicted molar refractivity (Wildman–Crippen MR) is 133 cm³/mol. The lowest BCUT2D eigenvalue weighted by Gasteiger charge is -2.39. The first-order valence-electron chi connectivity index (χ1n) is 11.4. The number of aryl methyl sites for hydroxylation is 2. The first-order chi connectivity index (χ1) is 17.2. The molecule has 5 rings (SSSR count). The number of nitrogens with zero attached hydrogens (tertiary/aromatic N) is 3. The average molecular weight is 515 g/mol. The highest BCUT2D eigenvalue weighted by Crippen LogP contribution is 2.48. The number of anilines is 1. The zero-order chi connectivity index (χ0) is 25.5. The fourth-order valence-electron chi connectivity index (χ4n) is 4.46. The Labute approximate surface area is 210 Å². The van der Waals surface area contributed by atoms with Crippen LogP contribution in [-0.4, -0.2) is 43.8 Å². The van der Waals surface area contributed by atoms with Crippen LogP contribution in [0.2, 0.25) is 0 Å². The molecule has 0 radical (unpaired) electrons. The number of hydrogen-bond acceptors (Lipinski definition) is 6. The smallest absolute Gasteiger partial charge is 0.420 e. The Morgan fingerprint density at radius 3 is 2.72 bits per heavy atom. The van der Waals surface area contributed by atoms with Gasteiger partial charge in [0.25, 0.3) is 0 Å². The third-order valence-electron chi connectivity index (χ3n) is 6.39. The van der Waals surface area contributed by atoms with Gasteiger partial charge in [0, 0.05) is 53.9 Å². The Balaban J connectivity index is 1.64. The topological polar surface area (TPSA) is 72.2 Å². The van der Waals surface area contributed by atoms with E-state index in [0.717, 1.165) is 23.0 Å². The number of nitrogens with one attached hydrogen (secondary N) is 1. The van der Waals surface area contributed by atoms with E-state index in [4.69, 9.17) is 4.74 Å². The van der Waals surface area contributed by atoms with Crippen molar-refractivity contribution in [3.63, 3.8) is 0 Å². The van der Waals surface area contributed by atoms with Crippen LogP contribution in [0.25, 0.3) is 10.9 Å². The molecule has 0 spiro atoms. The molecule has 2 N–H and O–H groups in total. The quantitative estimate of drug-likeness (QED) is 0.320. The molecular weight excluding hydrogens is 489 g/mol. The summed E-state index contributed by atoms with van der Waals surface area (Å²) in [6, 6.07) is 12.4. The monoisotopic (exact) mass is 514 g/mol. The van der Waals surface area contributed by atoms with E-state index in [1.54, 1.807) is 54.2 Å². The van der Waals surface area contributed by atoms with Crippen molar-refractivity contribution in [1.82, 2.24) is 14.5 Å². The molecule has 2 atom stereocenters. The Bertz CT molecular complexity index is 1410. The van der Waals surface area contributed by atoms with Gasteiger partial charge in [-0.2, -0.15) is 13.2 Å². The minimum atomic E-state index is -4.97. The summed E-state index contributed by atoms with van der Waals surface area (Å²) in [4.78, 5) is 8.62. The number of benzene rings is 2. The van der Waals surface area contributed by atoms with Gasteiger partial charge in [-0.25, -0.2) is 4.98 Å². The Morgan fingerprint density at radius 1 is 1.17 bits per heavy atom. The van der Waals surface area contributed by atoms with Crippen LogP contribution in [0.4, 0.5) is 18.9 Å². The molecule has 2 aromatic carbocycles. The number of halogens is 3. The van der Waals surface area contributed by atoms with E-state index < -0.39 is 23.6 Å². The fourth-order valence-corrected chi connectivity index (χ4v) is 5.53. The van der Waals surface area contributed by atoms with Crippen LogP contribution in [0.1, 0.15) is 22.9 Å². The number of ether oxygens (including phenoxy) is 1. The van der Waals surface area contributed by atoms with Gasteiger partial charge in [-0.3, -0.25) is 4.98 Å². The molecule has 6 nitrogen and oxygen atoms in total. The molecule has 1 aliphatic heterocycles. The van der Waals surface area contributed by atoms with Gasteiger partial charge >= 0.3 is 6.18 Å².